The smallest absolute Gasteiger partial charge is 0.124 e. The fraction of sp³-hybridized carbons (Fsp3) is 0.462. The lowest BCUT2D eigenvalue weighted by Crippen LogP contribution is -2.31. The molecule has 0 spiro atoms. The van der Waals surface area contributed by atoms with Crippen LogP contribution in [0.5, 0.6) is 5.75 Å². The monoisotopic (exact) mass is 218 g/mol. The predicted molar refractivity (Wildman–Crippen MR) is 65.0 cm³/mol. The van der Waals surface area contributed by atoms with Gasteiger partial charge in [-0.3, -0.25) is 5.41 Å². The number of hydrogen-bond donors (Lipinski definition) is 1. The van der Waals surface area contributed by atoms with Crippen LogP contribution in [0.3, 0.4) is 0 Å². The molecule has 3 nitrogen and oxygen atoms in total. The summed E-state index contributed by atoms with van der Waals surface area (Å²) in [6.07, 6.45) is 1.88. The van der Waals surface area contributed by atoms with Crippen LogP contribution < -0.4 is 4.74 Å². The maximum absolute atomic E-state index is 7.99. The topological polar surface area (TPSA) is 36.3 Å². The van der Waals surface area contributed by atoms with Crippen molar-refractivity contribution in [3.8, 4) is 5.75 Å². The van der Waals surface area contributed by atoms with E-state index in [1.165, 1.54) is 5.56 Å². The van der Waals surface area contributed by atoms with Crippen molar-refractivity contribution in [1.82, 2.24) is 4.90 Å². The normalized spacial score (nSPS) is 14.9. The highest BCUT2D eigenvalue weighted by atomic mass is 16.5. The van der Waals surface area contributed by atoms with Gasteiger partial charge in [-0.25, -0.2) is 0 Å². The second kappa shape index (κ2) is 5.01. The zero-order chi connectivity index (χ0) is 11.4. The SMILES string of the molecule is CCCC(=N)N1CCOc2ccccc2C1. The maximum Gasteiger partial charge on any atom is 0.124 e. The van der Waals surface area contributed by atoms with Gasteiger partial charge in [0, 0.05) is 18.5 Å². The molecule has 0 radical (unpaired) electrons. The molecule has 0 bridgehead atoms. The first-order chi connectivity index (χ1) is 7.81. The van der Waals surface area contributed by atoms with Crippen molar-refractivity contribution >= 4 is 5.84 Å². The third-order valence-corrected chi connectivity index (χ3v) is 2.82. The van der Waals surface area contributed by atoms with Gasteiger partial charge in [0.1, 0.15) is 12.4 Å². The Morgan fingerprint density at radius 2 is 2.25 bits per heavy atom. The van der Waals surface area contributed by atoms with Crippen molar-refractivity contribution < 1.29 is 4.74 Å². The van der Waals surface area contributed by atoms with Crippen LogP contribution in [-0.4, -0.2) is 23.9 Å². The van der Waals surface area contributed by atoms with Gasteiger partial charge in [0.25, 0.3) is 0 Å². The Balaban J connectivity index is 2.13. The molecular formula is C13H18N2O. The predicted octanol–water partition coefficient (Wildman–Crippen LogP) is 2.66. The number of nitrogens with zero attached hydrogens (tertiary/aromatic N) is 1. The maximum atomic E-state index is 7.99. The van der Waals surface area contributed by atoms with Crippen LogP contribution in [0.4, 0.5) is 0 Å². The van der Waals surface area contributed by atoms with Crippen LogP contribution in [0.15, 0.2) is 24.3 Å². The highest BCUT2D eigenvalue weighted by Crippen LogP contribution is 2.22. The molecule has 0 unspecified atom stereocenters. The van der Waals surface area contributed by atoms with Gasteiger partial charge in [0.15, 0.2) is 0 Å². The fourth-order valence-electron chi connectivity index (χ4n) is 1.95. The number of rotatable bonds is 2. The Morgan fingerprint density at radius 3 is 3.06 bits per heavy atom. The summed E-state index contributed by atoms with van der Waals surface area (Å²) in [7, 11) is 0. The molecule has 0 saturated heterocycles. The number of amidine groups is 1. The standard InChI is InChI=1S/C13H18N2O/c1-2-5-13(14)15-8-9-16-12-7-4-3-6-11(12)10-15/h3-4,6-7,14H,2,5,8-10H2,1H3. The second-order valence-corrected chi connectivity index (χ2v) is 4.07. The van der Waals surface area contributed by atoms with Gasteiger partial charge in [0.05, 0.1) is 12.4 Å². The zero-order valence-corrected chi connectivity index (χ0v) is 9.70. The van der Waals surface area contributed by atoms with Gasteiger partial charge >= 0.3 is 0 Å². The van der Waals surface area contributed by atoms with E-state index < -0.39 is 0 Å². The molecule has 3 heteroatoms. The first-order valence-electron chi connectivity index (χ1n) is 5.84. The van der Waals surface area contributed by atoms with Gasteiger partial charge in [-0.15, -0.1) is 0 Å². The highest BCUT2D eigenvalue weighted by molar-refractivity contribution is 5.79. The summed E-state index contributed by atoms with van der Waals surface area (Å²) in [4.78, 5) is 2.11. The van der Waals surface area contributed by atoms with Crippen LogP contribution >= 0.6 is 0 Å². The number of nitrogens with one attached hydrogen (secondary N) is 1. The fourth-order valence-corrected chi connectivity index (χ4v) is 1.95. The molecular weight excluding hydrogens is 200 g/mol. The molecule has 1 aliphatic rings. The van der Waals surface area contributed by atoms with E-state index in [0.29, 0.717) is 6.61 Å². The van der Waals surface area contributed by atoms with E-state index in [1.807, 2.05) is 18.2 Å². The summed E-state index contributed by atoms with van der Waals surface area (Å²) in [6.45, 7) is 4.39. The summed E-state index contributed by atoms with van der Waals surface area (Å²) < 4.78 is 5.67. The van der Waals surface area contributed by atoms with Crippen LogP contribution in [0.1, 0.15) is 25.3 Å². The molecule has 0 aromatic heterocycles. The van der Waals surface area contributed by atoms with E-state index in [2.05, 4.69) is 17.9 Å². The van der Waals surface area contributed by atoms with Crippen LogP contribution in [0, 0.1) is 5.41 Å². The van der Waals surface area contributed by atoms with Crippen LogP contribution in [0.2, 0.25) is 0 Å². The Hall–Kier alpha value is -1.51. The lowest BCUT2D eigenvalue weighted by atomic mass is 10.2. The Kier molecular flexibility index (Phi) is 3.44. The van der Waals surface area contributed by atoms with Gasteiger partial charge in [0.2, 0.25) is 0 Å². The van der Waals surface area contributed by atoms with Crippen LogP contribution in [0.25, 0.3) is 0 Å². The summed E-state index contributed by atoms with van der Waals surface area (Å²) in [5.41, 5.74) is 1.18. The summed E-state index contributed by atoms with van der Waals surface area (Å²) in [5.74, 6) is 1.69. The van der Waals surface area contributed by atoms with E-state index in [4.69, 9.17) is 10.1 Å². The molecule has 16 heavy (non-hydrogen) atoms. The Morgan fingerprint density at radius 1 is 1.44 bits per heavy atom. The average Bonchev–Trinajstić information content (AvgIpc) is 2.51. The molecule has 1 N–H and O–H groups in total. The van der Waals surface area contributed by atoms with Gasteiger partial charge in [-0.1, -0.05) is 25.1 Å². The minimum atomic E-state index is 0.670. The molecule has 86 valence electrons. The molecule has 1 heterocycles. The third kappa shape index (κ3) is 2.35. The van der Waals surface area contributed by atoms with Crippen molar-refractivity contribution in [3.05, 3.63) is 29.8 Å². The van der Waals surface area contributed by atoms with Gasteiger partial charge < -0.3 is 9.64 Å². The molecule has 0 amide bonds. The first kappa shape index (κ1) is 11.0. The molecule has 1 aromatic rings. The van der Waals surface area contributed by atoms with Crippen molar-refractivity contribution in [2.75, 3.05) is 13.2 Å². The second-order valence-electron chi connectivity index (χ2n) is 4.07. The van der Waals surface area contributed by atoms with E-state index in [-0.39, 0.29) is 0 Å². The molecule has 0 saturated carbocycles. The minimum absolute atomic E-state index is 0.670. The lowest BCUT2D eigenvalue weighted by Gasteiger charge is -2.22. The van der Waals surface area contributed by atoms with E-state index in [1.54, 1.807) is 0 Å². The number of para-hydroxylation sites is 1. The van der Waals surface area contributed by atoms with Crippen molar-refractivity contribution in [2.45, 2.75) is 26.3 Å². The van der Waals surface area contributed by atoms with Crippen molar-refractivity contribution in [3.63, 3.8) is 0 Å². The summed E-state index contributed by atoms with van der Waals surface area (Å²) >= 11 is 0. The molecule has 1 aliphatic heterocycles. The Labute approximate surface area is 96.5 Å². The van der Waals surface area contributed by atoms with Crippen molar-refractivity contribution in [1.29, 1.82) is 5.41 Å². The number of hydrogen-bond acceptors (Lipinski definition) is 2. The quantitative estimate of drug-likeness (QED) is 0.612. The first-order valence-corrected chi connectivity index (χ1v) is 5.84. The largest absolute Gasteiger partial charge is 0.491 e. The average molecular weight is 218 g/mol. The van der Waals surface area contributed by atoms with E-state index in [0.717, 1.165) is 37.5 Å². The number of benzene rings is 1. The number of fused-ring (bicyclic) bond motifs is 1. The summed E-state index contributed by atoms with van der Waals surface area (Å²) in [5, 5.41) is 7.99. The van der Waals surface area contributed by atoms with Gasteiger partial charge in [-0.2, -0.15) is 0 Å². The van der Waals surface area contributed by atoms with E-state index in [9.17, 15) is 0 Å². The van der Waals surface area contributed by atoms with Crippen LogP contribution in [-0.2, 0) is 6.54 Å². The molecule has 1 aromatic carbocycles. The molecule has 0 aliphatic carbocycles. The van der Waals surface area contributed by atoms with E-state index >= 15 is 0 Å². The third-order valence-electron chi connectivity index (χ3n) is 2.82. The molecule has 0 atom stereocenters. The summed E-state index contributed by atoms with van der Waals surface area (Å²) in [6, 6.07) is 8.09. The van der Waals surface area contributed by atoms with Gasteiger partial charge in [-0.05, 0) is 12.5 Å². The lowest BCUT2D eigenvalue weighted by molar-refractivity contribution is 0.287. The van der Waals surface area contributed by atoms with Crippen molar-refractivity contribution in [2.24, 2.45) is 0 Å². The Bertz CT molecular complexity index is 376. The highest BCUT2D eigenvalue weighted by Gasteiger charge is 2.16. The minimum Gasteiger partial charge on any atom is -0.491 e. The molecule has 2 rings (SSSR count). The molecule has 0 fully saturated rings. The zero-order valence-electron chi connectivity index (χ0n) is 9.70. The number of ether oxygens (including phenoxy) is 1.